The molecule has 2 aromatic heterocycles. The molecule has 206 valence electrons. The van der Waals surface area contributed by atoms with Gasteiger partial charge in [0, 0.05) is 12.0 Å². The van der Waals surface area contributed by atoms with Gasteiger partial charge in [-0.15, -0.1) is 0 Å². The Labute approximate surface area is 233 Å². The summed E-state index contributed by atoms with van der Waals surface area (Å²) in [5, 5.41) is 4.85. The summed E-state index contributed by atoms with van der Waals surface area (Å²) in [4.78, 5) is 7.37. The molecule has 1 aliphatic rings. The van der Waals surface area contributed by atoms with Crippen LogP contribution in [0.15, 0.2) is 66.7 Å². The molecule has 5 rings (SSSR count). The van der Waals surface area contributed by atoms with Crippen molar-refractivity contribution < 1.29 is 8.42 Å². The van der Waals surface area contributed by atoms with Crippen LogP contribution in [-0.2, 0) is 29.1 Å². The molecule has 0 bridgehead atoms. The van der Waals surface area contributed by atoms with Gasteiger partial charge in [-0.3, -0.25) is 0 Å². The zero-order valence-corrected chi connectivity index (χ0v) is 23.9. The molecule has 6 nitrogen and oxygen atoms in total. The van der Waals surface area contributed by atoms with E-state index in [9.17, 15) is 8.42 Å². The maximum atomic E-state index is 12.3. The molecule has 0 N–H and O–H groups in total. The Kier molecular flexibility index (Phi) is 9.09. The largest absolute Gasteiger partial charge is 0.303 e. The summed E-state index contributed by atoms with van der Waals surface area (Å²) in [5.74, 6) is 1.25. The number of aromatic nitrogens is 3. The van der Waals surface area contributed by atoms with Crippen LogP contribution in [0.5, 0.6) is 0 Å². The number of hydrogen-bond donors (Lipinski definition) is 0. The van der Waals surface area contributed by atoms with Crippen LogP contribution in [0.3, 0.4) is 0 Å². The number of likely N-dealkylation sites (tertiary alicyclic amines) is 1. The second kappa shape index (κ2) is 12.9. The standard InChI is InChI=1S/C32H40N4O2S/c1-2-3-22-39(37,38)23-18-27-9-6-11-29(24-27)30-12-7-13-32-33-31(34-36(30)32)25-28-16-14-26(15-17-28)10-8-21-35-19-4-5-20-35/h6-7,9,11-17,24H,2-5,8,10,18-23,25H2,1H3. The fraction of sp³-hybridized carbons (Fsp3) is 0.438. The van der Waals surface area contributed by atoms with Crippen molar-refractivity contribution in [2.75, 3.05) is 31.1 Å². The van der Waals surface area contributed by atoms with Crippen LogP contribution in [0.1, 0.15) is 61.5 Å². The number of fused-ring (bicyclic) bond motifs is 1. The summed E-state index contributed by atoms with van der Waals surface area (Å²) in [5.41, 5.74) is 6.40. The quantitative estimate of drug-likeness (QED) is 0.214. The predicted octanol–water partition coefficient (Wildman–Crippen LogP) is 5.77. The summed E-state index contributed by atoms with van der Waals surface area (Å²) in [6.45, 7) is 5.75. The van der Waals surface area contributed by atoms with E-state index < -0.39 is 9.84 Å². The molecule has 0 spiro atoms. The lowest BCUT2D eigenvalue weighted by atomic mass is 10.1. The molecule has 0 unspecified atom stereocenters. The SMILES string of the molecule is CCCCS(=O)(=O)CCc1cccc(-c2cccc3nc(Cc4ccc(CCCN5CCCC5)cc4)nn23)c1. The van der Waals surface area contributed by atoms with Crippen LogP contribution in [0, 0.1) is 0 Å². The molecule has 1 saturated heterocycles. The van der Waals surface area contributed by atoms with Gasteiger partial charge in [-0.25, -0.2) is 17.9 Å². The highest BCUT2D eigenvalue weighted by Gasteiger charge is 2.13. The van der Waals surface area contributed by atoms with Gasteiger partial charge >= 0.3 is 0 Å². The third kappa shape index (κ3) is 7.55. The maximum absolute atomic E-state index is 12.3. The van der Waals surface area contributed by atoms with E-state index in [1.54, 1.807) is 0 Å². The first-order valence-corrected chi connectivity index (χ1v) is 16.3. The van der Waals surface area contributed by atoms with Crippen LogP contribution < -0.4 is 0 Å². The molecule has 4 aromatic rings. The minimum absolute atomic E-state index is 0.186. The Bertz CT molecular complexity index is 1470. The monoisotopic (exact) mass is 544 g/mol. The molecular weight excluding hydrogens is 504 g/mol. The Balaban J connectivity index is 1.24. The summed E-state index contributed by atoms with van der Waals surface area (Å²) >= 11 is 0. The summed E-state index contributed by atoms with van der Waals surface area (Å²) in [6, 6.07) is 23.0. The lowest BCUT2D eigenvalue weighted by Gasteiger charge is -2.13. The van der Waals surface area contributed by atoms with E-state index in [0.717, 1.165) is 47.6 Å². The van der Waals surface area contributed by atoms with Crippen LogP contribution in [0.4, 0.5) is 0 Å². The van der Waals surface area contributed by atoms with Crippen molar-refractivity contribution in [1.82, 2.24) is 19.5 Å². The van der Waals surface area contributed by atoms with Gasteiger partial charge in [0.1, 0.15) is 0 Å². The third-order valence-electron chi connectivity index (χ3n) is 7.66. The molecule has 0 amide bonds. The predicted molar refractivity (Wildman–Crippen MR) is 159 cm³/mol. The number of aryl methyl sites for hydroxylation is 2. The van der Waals surface area contributed by atoms with Gasteiger partial charge in [-0.1, -0.05) is 61.9 Å². The van der Waals surface area contributed by atoms with E-state index >= 15 is 0 Å². The van der Waals surface area contributed by atoms with Crippen molar-refractivity contribution in [1.29, 1.82) is 0 Å². The molecule has 0 atom stereocenters. The Hall–Kier alpha value is -3.03. The lowest BCUT2D eigenvalue weighted by molar-refractivity contribution is 0.334. The number of benzene rings is 2. The molecule has 1 fully saturated rings. The molecular formula is C32H40N4O2S. The number of hydrogen-bond acceptors (Lipinski definition) is 5. The van der Waals surface area contributed by atoms with Crippen LogP contribution in [-0.4, -0.2) is 59.1 Å². The smallest absolute Gasteiger partial charge is 0.156 e. The van der Waals surface area contributed by atoms with Crippen LogP contribution in [0.25, 0.3) is 16.9 Å². The molecule has 0 saturated carbocycles. The van der Waals surface area contributed by atoms with Crippen molar-refractivity contribution in [2.24, 2.45) is 0 Å². The Morgan fingerprint density at radius 1 is 0.821 bits per heavy atom. The van der Waals surface area contributed by atoms with Gasteiger partial charge in [-0.2, -0.15) is 5.10 Å². The minimum Gasteiger partial charge on any atom is -0.303 e. The van der Waals surface area contributed by atoms with Gasteiger partial charge in [0.15, 0.2) is 21.3 Å². The van der Waals surface area contributed by atoms with E-state index in [1.807, 2.05) is 47.8 Å². The first kappa shape index (κ1) is 27.5. The molecule has 39 heavy (non-hydrogen) atoms. The van der Waals surface area contributed by atoms with E-state index in [0.29, 0.717) is 12.8 Å². The fourth-order valence-corrected chi connectivity index (χ4v) is 6.87. The Morgan fingerprint density at radius 2 is 1.59 bits per heavy atom. The number of sulfone groups is 1. The van der Waals surface area contributed by atoms with Crippen LogP contribution >= 0.6 is 0 Å². The fourth-order valence-electron chi connectivity index (χ4n) is 5.39. The van der Waals surface area contributed by atoms with Gasteiger partial charge < -0.3 is 4.90 Å². The second-order valence-electron chi connectivity index (χ2n) is 10.8. The summed E-state index contributed by atoms with van der Waals surface area (Å²) in [6.07, 6.45) is 7.86. The molecule has 3 heterocycles. The third-order valence-corrected chi connectivity index (χ3v) is 9.40. The first-order chi connectivity index (χ1) is 19.0. The Morgan fingerprint density at radius 3 is 2.38 bits per heavy atom. The highest BCUT2D eigenvalue weighted by Crippen LogP contribution is 2.23. The van der Waals surface area contributed by atoms with Crippen molar-refractivity contribution in [2.45, 2.75) is 58.3 Å². The first-order valence-electron chi connectivity index (χ1n) is 14.4. The second-order valence-corrected chi connectivity index (χ2v) is 13.1. The molecule has 0 aliphatic carbocycles. The highest BCUT2D eigenvalue weighted by atomic mass is 32.2. The summed E-state index contributed by atoms with van der Waals surface area (Å²) in [7, 11) is -3.02. The van der Waals surface area contributed by atoms with Gasteiger partial charge in [0.05, 0.1) is 17.2 Å². The van der Waals surface area contributed by atoms with Gasteiger partial charge in [-0.05, 0) is 93.0 Å². The van der Waals surface area contributed by atoms with Crippen LogP contribution in [0.2, 0.25) is 0 Å². The van der Waals surface area contributed by atoms with Gasteiger partial charge in [0.2, 0.25) is 0 Å². The lowest BCUT2D eigenvalue weighted by Crippen LogP contribution is -2.20. The van der Waals surface area contributed by atoms with E-state index in [1.165, 1.54) is 50.0 Å². The molecule has 1 aliphatic heterocycles. The number of nitrogens with zero attached hydrogens (tertiary/aromatic N) is 4. The molecule has 2 aromatic carbocycles. The van der Waals surface area contributed by atoms with Crippen molar-refractivity contribution in [3.05, 3.63) is 89.2 Å². The summed E-state index contributed by atoms with van der Waals surface area (Å²) < 4.78 is 26.6. The normalized spacial score (nSPS) is 14.4. The maximum Gasteiger partial charge on any atom is 0.156 e. The topological polar surface area (TPSA) is 67.6 Å². The molecule has 0 radical (unpaired) electrons. The minimum atomic E-state index is -3.02. The average molecular weight is 545 g/mol. The van der Waals surface area contributed by atoms with E-state index in [2.05, 4.69) is 35.2 Å². The van der Waals surface area contributed by atoms with E-state index in [-0.39, 0.29) is 11.5 Å². The van der Waals surface area contributed by atoms with Gasteiger partial charge in [0.25, 0.3) is 0 Å². The highest BCUT2D eigenvalue weighted by molar-refractivity contribution is 7.91. The number of pyridine rings is 1. The van der Waals surface area contributed by atoms with Crippen molar-refractivity contribution >= 4 is 15.5 Å². The number of rotatable bonds is 13. The average Bonchev–Trinajstić information content (AvgIpc) is 3.62. The number of unbranched alkanes of at least 4 members (excludes halogenated alkanes) is 1. The molecule has 7 heteroatoms. The zero-order chi connectivity index (χ0) is 27.1. The van der Waals surface area contributed by atoms with Crippen molar-refractivity contribution in [3.8, 4) is 11.3 Å². The zero-order valence-electron chi connectivity index (χ0n) is 23.1. The van der Waals surface area contributed by atoms with E-state index in [4.69, 9.17) is 10.1 Å². The van der Waals surface area contributed by atoms with Crippen molar-refractivity contribution in [3.63, 3.8) is 0 Å².